The average molecular weight is 282 g/mol. The number of amides is 1. The van der Waals surface area contributed by atoms with Gasteiger partial charge in [-0.15, -0.1) is 0 Å². The zero-order valence-electron chi connectivity index (χ0n) is 12.1. The molecule has 108 valence electrons. The fraction of sp³-hybridized carbons (Fsp3) is 0.412. The monoisotopic (exact) mass is 282 g/mol. The third-order valence-corrected chi connectivity index (χ3v) is 4.95. The van der Waals surface area contributed by atoms with Crippen molar-refractivity contribution < 1.29 is 9.53 Å². The van der Waals surface area contributed by atoms with Crippen LogP contribution in [0.1, 0.15) is 23.2 Å². The molecule has 0 N–H and O–H groups in total. The van der Waals surface area contributed by atoms with Gasteiger partial charge in [-0.25, -0.2) is 0 Å². The second kappa shape index (κ2) is 4.72. The summed E-state index contributed by atoms with van der Waals surface area (Å²) in [5, 5.41) is 0.876. The Bertz CT molecular complexity index is 701. The summed E-state index contributed by atoms with van der Waals surface area (Å²) in [6, 6.07) is 7.75. The summed E-state index contributed by atoms with van der Waals surface area (Å²) >= 11 is 0. The van der Waals surface area contributed by atoms with Gasteiger partial charge in [0.05, 0.1) is 24.4 Å². The molecular weight excluding hydrogens is 264 g/mol. The van der Waals surface area contributed by atoms with Crippen molar-refractivity contribution in [3.05, 3.63) is 36.0 Å². The number of carbonyl (C=O) groups is 1. The number of hydrogen-bond acceptors (Lipinski definition) is 3. The number of para-hydroxylation sites is 1. The molecule has 21 heavy (non-hydrogen) atoms. The van der Waals surface area contributed by atoms with Gasteiger partial charge < -0.3 is 9.64 Å². The van der Waals surface area contributed by atoms with Crippen LogP contribution in [0.4, 0.5) is 0 Å². The predicted molar refractivity (Wildman–Crippen MR) is 80.4 cm³/mol. The molecule has 2 heterocycles. The number of benzene rings is 1. The van der Waals surface area contributed by atoms with Gasteiger partial charge in [-0.3, -0.25) is 9.78 Å². The van der Waals surface area contributed by atoms with Crippen LogP contribution in [-0.2, 0) is 0 Å². The van der Waals surface area contributed by atoms with Crippen LogP contribution in [0.2, 0.25) is 0 Å². The lowest BCUT2D eigenvalue weighted by Crippen LogP contribution is -2.29. The topological polar surface area (TPSA) is 42.4 Å². The highest BCUT2D eigenvalue weighted by molar-refractivity contribution is 6.08. The second-order valence-electron chi connectivity index (χ2n) is 6.03. The fourth-order valence-corrected chi connectivity index (χ4v) is 3.58. The highest BCUT2D eigenvalue weighted by Crippen LogP contribution is 2.41. The SMILES string of the molecule is COc1cnc2ccccc2c1C(=O)N1C[C@H]2CC[C@H]2C1. The van der Waals surface area contributed by atoms with Crippen LogP contribution >= 0.6 is 0 Å². The minimum Gasteiger partial charge on any atom is -0.494 e. The first-order chi connectivity index (χ1) is 10.3. The van der Waals surface area contributed by atoms with E-state index in [1.54, 1.807) is 13.3 Å². The van der Waals surface area contributed by atoms with E-state index in [1.165, 1.54) is 12.8 Å². The summed E-state index contributed by atoms with van der Waals surface area (Å²) < 4.78 is 5.39. The summed E-state index contributed by atoms with van der Waals surface area (Å²) in [4.78, 5) is 19.3. The Kier molecular flexibility index (Phi) is 2.84. The standard InChI is InChI=1S/C17H18N2O2/c1-21-15-8-18-14-5-3-2-4-13(14)16(15)17(20)19-9-11-6-7-12(11)10-19/h2-5,8,11-12H,6-7,9-10H2,1H3/t11-,12+. The van der Waals surface area contributed by atoms with Gasteiger partial charge in [0, 0.05) is 18.5 Å². The van der Waals surface area contributed by atoms with Gasteiger partial charge in [0.15, 0.2) is 5.75 Å². The van der Waals surface area contributed by atoms with E-state index in [0.29, 0.717) is 23.1 Å². The van der Waals surface area contributed by atoms with Gasteiger partial charge in [0.1, 0.15) is 0 Å². The minimum atomic E-state index is 0.0832. The van der Waals surface area contributed by atoms with E-state index in [4.69, 9.17) is 4.74 Å². The lowest BCUT2D eigenvalue weighted by molar-refractivity contribution is 0.0786. The molecule has 0 bridgehead atoms. The average Bonchev–Trinajstić information content (AvgIpc) is 2.80. The van der Waals surface area contributed by atoms with E-state index in [1.807, 2.05) is 29.2 Å². The molecule has 2 fully saturated rings. The van der Waals surface area contributed by atoms with Gasteiger partial charge in [0.2, 0.25) is 0 Å². The number of pyridine rings is 1. The van der Waals surface area contributed by atoms with E-state index in [2.05, 4.69) is 4.98 Å². The normalized spacial score (nSPS) is 23.8. The highest BCUT2D eigenvalue weighted by Gasteiger charge is 2.41. The van der Waals surface area contributed by atoms with Crippen LogP contribution in [0.3, 0.4) is 0 Å². The Morgan fingerprint density at radius 3 is 2.62 bits per heavy atom. The fourth-order valence-electron chi connectivity index (χ4n) is 3.58. The highest BCUT2D eigenvalue weighted by atomic mass is 16.5. The molecule has 4 rings (SSSR count). The smallest absolute Gasteiger partial charge is 0.258 e. The molecule has 2 atom stereocenters. The Hall–Kier alpha value is -2.10. The van der Waals surface area contributed by atoms with E-state index in [9.17, 15) is 4.79 Å². The van der Waals surface area contributed by atoms with E-state index >= 15 is 0 Å². The van der Waals surface area contributed by atoms with Gasteiger partial charge in [-0.1, -0.05) is 18.2 Å². The van der Waals surface area contributed by atoms with Crippen LogP contribution in [0.15, 0.2) is 30.5 Å². The summed E-state index contributed by atoms with van der Waals surface area (Å²) in [5.74, 6) is 2.08. The zero-order valence-corrected chi connectivity index (χ0v) is 12.1. The first-order valence-corrected chi connectivity index (χ1v) is 7.49. The van der Waals surface area contributed by atoms with Crippen molar-refractivity contribution in [3.8, 4) is 5.75 Å². The molecule has 1 aromatic carbocycles. The number of ether oxygens (including phenoxy) is 1. The number of nitrogens with zero attached hydrogens (tertiary/aromatic N) is 2. The molecule has 1 aromatic heterocycles. The molecule has 2 aliphatic rings. The molecule has 1 saturated heterocycles. The molecule has 1 aliphatic carbocycles. The van der Waals surface area contributed by atoms with Crippen molar-refractivity contribution >= 4 is 16.8 Å². The van der Waals surface area contributed by atoms with Crippen molar-refractivity contribution in [2.24, 2.45) is 11.8 Å². The number of methoxy groups -OCH3 is 1. The van der Waals surface area contributed by atoms with E-state index in [0.717, 1.165) is 24.0 Å². The summed E-state index contributed by atoms with van der Waals surface area (Å²) in [6.45, 7) is 1.78. The third-order valence-electron chi connectivity index (χ3n) is 4.95. The zero-order chi connectivity index (χ0) is 14.4. The Morgan fingerprint density at radius 2 is 1.95 bits per heavy atom. The lowest BCUT2D eigenvalue weighted by Gasteiger charge is -2.27. The third kappa shape index (κ3) is 1.89. The molecule has 1 aliphatic heterocycles. The number of likely N-dealkylation sites (tertiary alicyclic amines) is 1. The number of carbonyl (C=O) groups excluding carboxylic acids is 1. The van der Waals surface area contributed by atoms with Crippen LogP contribution in [-0.4, -0.2) is 36.0 Å². The number of fused-ring (bicyclic) bond motifs is 2. The number of aromatic nitrogens is 1. The molecule has 1 amide bonds. The first kappa shape index (κ1) is 12.6. The van der Waals surface area contributed by atoms with Crippen LogP contribution < -0.4 is 4.74 Å². The molecule has 1 saturated carbocycles. The van der Waals surface area contributed by atoms with Crippen LogP contribution in [0.5, 0.6) is 5.75 Å². The maximum atomic E-state index is 13.0. The van der Waals surface area contributed by atoms with Crippen molar-refractivity contribution in [1.29, 1.82) is 0 Å². The van der Waals surface area contributed by atoms with Crippen molar-refractivity contribution in [3.63, 3.8) is 0 Å². The largest absolute Gasteiger partial charge is 0.494 e. The Labute approximate surface area is 123 Å². The van der Waals surface area contributed by atoms with E-state index in [-0.39, 0.29) is 5.91 Å². The van der Waals surface area contributed by atoms with Crippen molar-refractivity contribution in [1.82, 2.24) is 9.88 Å². The Morgan fingerprint density at radius 1 is 1.24 bits per heavy atom. The number of rotatable bonds is 2. The van der Waals surface area contributed by atoms with Crippen LogP contribution in [0, 0.1) is 11.8 Å². The molecule has 0 unspecified atom stereocenters. The summed E-state index contributed by atoms with van der Waals surface area (Å²) in [7, 11) is 1.59. The molecule has 4 heteroatoms. The lowest BCUT2D eigenvalue weighted by atomic mass is 9.77. The molecule has 4 nitrogen and oxygen atoms in total. The predicted octanol–water partition coefficient (Wildman–Crippen LogP) is 2.73. The van der Waals surface area contributed by atoms with Crippen molar-refractivity contribution in [2.45, 2.75) is 12.8 Å². The molecule has 0 spiro atoms. The molecule has 0 radical (unpaired) electrons. The second-order valence-corrected chi connectivity index (χ2v) is 6.03. The molecule has 2 aromatic rings. The van der Waals surface area contributed by atoms with Gasteiger partial charge >= 0.3 is 0 Å². The van der Waals surface area contributed by atoms with Gasteiger partial charge in [-0.05, 0) is 30.7 Å². The first-order valence-electron chi connectivity index (χ1n) is 7.49. The molecular formula is C17H18N2O2. The Balaban J connectivity index is 1.79. The maximum Gasteiger partial charge on any atom is 0.258 e. The van der Waals surface area contributed by atoms with Crippen molar-refractivity contribution in [2.75, 3.05) is 20.2 Å². The van der Waals surface area contributed by atoms with Gasteiger partial charge in [-0.2, -0.15) is 0 Å². The maximum absolute atomic E-state index is 13.0. The summed E-state index contributed by atoms with van der Waals surface area (Å²) in [5.41, 5.74) is 1.49. The van der Waals surface area contributed by atoms with Crippen LogP contribution in [0.25, 0.3) is 10.9 Å². The quantitative estimate of drug-likeness (QED) is 0.850. The summed E-state index contributed by atoms with van der Waals surface area (Å²) in [6.07, 6.45) is 4.19. The van der Waals surface area contributed by atoms with E-state index < -0.39 is 0 Å². The number of hydrogen-bond donors (Lipinski definition) is 0. The van der Waals surface area contributed by atoms with Gasteiger partial charge in [0.25, 0.3) is 5.91 Å². The minimum absolute atomic E-state index is 0.0832.